The first kappa shape index (κ1) is 18.5. The maximum atomic E-state index is 13.1. The summed E-state index contributed by atoms with van der Waals surface area (Å²) >= 11 is 0. The molecule has 0 amide bonds. The summed E-state index contributed by atoms with van der Waals surface area (Å²) in [6, 6.07) is 3.71. The van der Waals surface area contributed by atoms with Gasteiger partial charge in [0.05, 0.1) is 12.9 Å². The molecule has 4 atom stereocenters. The second kappa shape index (κ2) is 7.28. The number of aliphatic hydroxyl groups excluding tert-OH is 3. The minimum Gasteiger partial charge on any atom is -0.507 e. The van der Waals surface area contributed by atoms with Crippen molar-refractivity contribution in [2.24, 2.45) is 0 Å². The Bertz CT molecular complexity index is 999. The van der Waals surface area contributed by atoms with E-state index in [1.165, 1.54) is 29.4 Å². The fourth-order valence-corrected chi connectivity index (χ4v) is 3.14. The molecule has 0 unspecified atom stereocenters. The average Bonchev–Trinajstić information content (AvgIpc) is 3.23. The molecule has 0 spiro atoms. The lowest BCUT2D eigenvalue weighted by Crippen LogP contribution is -2.33. The first-order valence-corrected chi connectivity index (χ1v) is 8.51. The molecule has 148 valence electrons. The van der Waals surface area contributed by atoms with Crippen LogP contribution in [0.3, 0.4) is 0 Å². The van der Waals surface area contributed by atoms with Gasteiger partial charge < -0.3 is 30.5 Å². The normalized spacial score (nSPS) is 24.7. The highest BCUT2D eigenvalue weighted by Gasteiger charge is 2.44. The van der Waals surface area contributed by atoms with Gasteiger partial charge in [0.25, 0.3) is 0 Å². The van der Waals surface area contributed by atoms with Gasteiger partial charge in [0, 0.05) is 18.2 Å². The number of aromatic hydroxyl groups is 1. The molecule has 1 aliphatic heterocycles. The number of ether oxygens (including phenoxy) is 1. The third kappa shape index (κ3) is 3.14. The summed E-state index contributed by atoms with van der Waals surface area (Å²) < 4.78 is 20.1. The van der Waals surface area contributed by atoms with E-state index in [4.69, 9.17) is 4.74 Å². The molecule has 4 rings (SSSR count). The first-order chi connectivity index (χ1) is 13.5. The molecule has 1 aromatic carbocycles. The topological polar surface area (TPSA) is 146 Å². The quantitative estimate of drug-likeness (QED) is 0.402. The molecule has 1 aliphatic rings. The fourth-order valence-electron chi connectivity index (χ4n) is 3.14. The number of hydrogen-bond donors (Lipinski definition) is 5. The van der Waals surface area contributed by atoms with Crippen LogP contribution in [0.4, 0.5) is 10.2 Å². The molecule has 2 aromatic heterocycles. The van der Waals surface area contributed by atoms with E-state index in [-0.39, 0.29) is 12.3 Å². The van der Waals surface area contributed by atoms with E-state index in [1.807, 2.05) is 0 Å². The van der Waals surface area contributed by atoms with Gasteiger partial charge in [-0.25, -0.2) is 19.3 Å². The van der Waals surface area contributed by atoms with E-state index in [0.29, 0.717) is 22.5 Å². The van der Waals surface area contributed by atoms with Gasteiger partial charge in [0.1, 0.15) is 36.2 Å². The van der Waals surface area contributed by atoms with Crippen LogP contribution < -0.4 is 5.32 Å². The van der Waals surface area contributed by atoms with Crippen LogP contribution in [0.15, 0.2) is 30.9 Å². The monoisotopic (exact) mass is 391 g/mol. The fraction of sp³-hybridized carbons (Fsp3) is 0.353. The van der Waals surface area contributed by atoms with E-state index in [1.54, 1.807) is 0 Å². The zero-order valence-electron chi connectivity index (χ0n) is 14.5. The van der Waals surface area contributed by atoms with E-state index >= 15 is 0 Å². The average molecular weight is 391 g/mol. The third-order valence-electron chi connectivity index (χ3n) is 4.64. The number of imidazole rings is 1. The van der Waals surface area contributed by atoms with Crippen LogP contribution in [0, 0.1) is 5.82 Å². The zero-order chi connectivity index (χ0) is 19.8. The van der Waals surface area contributed by atoms with Crippen molar-refractivity contribution in [3.8, 4) is 5.75 Å². The number of hydrogen-bond acceptors (Lipinski definition) is 9. The highest BCUT2D eigenvalue weighted by Crippen LogP contribution is 2.32. The summed E-state index contributed by atoms with van der Waals surface area (Å²) in [7, 11) is 0. The van der Waals surface area contributed by atoms with Gasteiger partial charge >= 0.3 is 0 Å². The molecule has 1 fully saturated rings. The molecule has 5 N–H and O–H groups in total. The Morgan fingerprint density at radius 3 is 2.71 bits per heavy atom. The second-order valence-electron chi connectivity index (χ2n) is 6.40. The Morgan fingerprint density at radius 1 is 1.18 bits per heavy atom. The van der Waals surface area contributed by atoms with Gasteiger partial charge in [-0.2, -0.15) is 0 Å². The highest BCUT2D eigenvalue weighted by atomic mass is 19.1. The number of anilines is 1. The first-order valence-electron chi connectivity index (χ1n) is 8.51. The summed E-state index contributed by atoms with van der Waals surface area (Å²) in [4.78, 5) is 12.5. The SMILES string of the molecule is OC[C@H]1O[C@@H](n2cnc3c(NCc4ccc(F)cc4O)ncnc32)[C@@H](O)[C@@H]1O. The van der Waals surface area contributed by atoms with Crippen molar-refractivity contribution < 1.29 is 29.6 Å². The number of nitrogens with zero attached hydrogens (tertiary/aromatic N) is 4. The van der Waals surface area contributed by atoms with E-state index in [9.17, 15) is 24.8 Å². The standard InChI is InChI=1S/C17H18FN5O5/c18-9-2-1-8(10(25)3-9)4-19-15-12-16(21-6-20-15)23(7-22-12)17-14(27)13(26)11(5-24)28-17/h1-3,6-7,11,13-14,17,24-27H,4-5H2,(H,19,20,21)/t11-,13-,14+,17-/m1/s1. The van der Waals surface area contributed by atoms with Gasteiger partial charge in [0.2, 0.25) is 0 Å². The van der Waals surface area contributed by atoms with Crippen molar-refractivity contribution in [2.75, 3.05) is 11.9 Å². The molecule has 0 aliphatic carbocycles. The Kier molecular flexibility index (Phi) is 4.81. The number of phenols is 1. The van der Waals surface area contributed by atoms with Gasteiger partial charge in [-0.05, 0) is 6.07 Å². The van der Waals surface area contributed by atoms with Crippen molar-refractivity contribution in [3.05, 3.63) is 42.2 Å². The van der Waals surface area contributed by atoms with Crippen LogP contribution in [0.25, 0.3) is 11.2 Å². The van der Waals surface area contributed by atoms with Gasteiger partial charge in [-0.1, -0.05) is 6.07 Å². The molecular formula is C17H18FN5O5. The van der Waals surface area contributed by atoms with Crippen LogP contribution in [0.2, 0.25) is 0 Å². The summed E-state index contributed by atoms with van der Waals surface area (Å²) in [6.45, 7) is -0.275. The molecule has 11 heteroatoms. The number of aliphatic hydroxyl groups is 3. The molecule has 10 nitrogen and oxygen atoms in total. The maximum absolute atomic E-state index is 13.1. The van der Waals surface area contributed by atoms with Crippen molar-refractivity contribution in [1.29, 1.82) is 0 Å². The Labute approximate surface area is 157 Å². The summed E-state index contributed by atoms with van der Waals surface area (Å²) in [5.74, 6) is -0.364. The van der Waals surface area contributed by atoms with Crippen LogP contribution in [0.5, 0.6) is 5.75 Å². The Hall–Kier alpha value is -2.86. The van der Waals surface area contributed by atoms with Crippen molar-refractivity contribution >= 4 is 17.0 Å². The Balaban J connectivity index is 1.60. The lowest BCUT2D eigenvalue weighted by molar-refractivity contribution is -0.0511. The molecule has 0 saturated carbocycles. The largest absolute Gasteiger partial charge is 0.507 e. The third-order valence-corrected chi connectivity index (χ3v) is 4.64. The second-order valence-corrected chi connectivity index (χ2v) is 6.40. The minimum atomic E-state index is -1.27. The predicted molar refractivity (Wildman–Crippen MR) is 93.7 cm³/mol. The summed E-state index contributed by atoms with van der Waals surface area (Å²) in [5.41, 5.74) is 1.19. The van der Waals surface area contributed by atoms with Crippen molar-refractivity contribution in [3.63, 3.8) is 0 Å². The molecule has 3 aromatic rings. The lowest BCUT2D eigenvalue weighted by atomic mass is 10.1. The molecule has 1 saturated heterocycles. The number of fused-ring (bicyclic) bond motifs is 1. The molecule has 3 heterocycles. The number of aromatic nitrogens is 4. The zero-order valence-corrected chi connectivity index (χ0v) is 14.5. The van der Waals surface area contributed by atoms with Crippen LogP contribution in [0.1, 0.15) is 11.8 Å². The molecular weight excluding hydrogens is 373 g/mol. The molecule has 0 bridgehead atoms. The van der Waals surface area contributed by atoms with E-state index in [2.05, 4.69) is 20.3 Å². The summed E-state index contributed by atoms with van der Waals surface area (Å²) in [5, 5.41) is 42.2. The van der Waals surface area contributed by atoms with E-state index in [0.717, 1.165) is 6.07 Å². The molecule has 28 heavy (non-hydrogen) atoms. The smallest absolute Gasteiger partial charge is 0.167 e. The van der Waals surface area contributed by atoms with Crippen LogP contribution in [-0.2, 0) is 11.3 Å². The van der Waals surface area contributed by atoms with Crippen LogP contribution in [-0.4, -0.2) is 64.9 Å². The summed E-state index contributed by atoms with van der Waals surface area (Å²) in [6.07, 6.45) is -1.72. The van der Waals surface area contributed by atoms with Gasteiger partial charge in [-0.3, -0.25) is 4.57 Å². The number of rotatable bonds is 5. The van der Waals surface area contributed by atoms with Crippen molar-refractivity contribution in [2.45, 2.75) is 31.1 Å². The van der Waals surface area contributed by atoms with Crippen LogP contribution >= 0.6 is 0 Å². The van der Waals surface area contributed by atoms with E-state index < -0.39 is 37.0 Å². The van der Waals surface area contributed by atoms with Gasteiger partial charge in [0.15, 0.2) is 23.2 Å². The number of phenolic OH excluding ortho intramolecular Hbond substituents is 1. The number of halogens is 1. The Morgan fingerprint density at radius 2 is 2.00 bits per heavy atom. The minimum absolute atomic E-state index is 0.166. The van der Waals surface area contributed by atoms with Gasteiger partial charge in [-0.15, -0.1) is 0 Å². The maximum Gasteiger partial charge on any atom is 0.167 e. The van der Waals surface area contributed by atoms with Crippen molar-refractivity contribution in [1.82, 2.24) is 19.5 Å². The lowest BCUT2D eigenvalue weighted by Gasteiger charge is -2.16. The highest BCUT2D eigenvalue weighted by molar-refractivity contribution is 5.82. The predicted octanol–water partition coefficient (Wildman–Crippen LogP) is -0.105. The number of benzene rings is 1. The molecule has 0 radical (unpaired) electrons. The number of nitrogens with one attached hydrogen (secondary N) is 1.